The molecule has 0 spiro atoms. The van der Waals surface area contributed by atoms with Crippen LogP contribution in [0.15, 0.2) is 36.7 Å². The minimum atomic E-state index is 0.552. The van der Waals surface area contributed by atoms with Crippen LogP contribution in [0.3, 0.4) is 0 Å². The first-order valence-electron chi connectivity index (χ1n) is 10.2. The lowest BCUT2D eigenvalue weighted by Crippen LogP contribution is -2.14. The fourth-order valence-electron chi connectivity index (χ4n) is 4.02. The van der Waals surface area contributed by atoms with Gasteiger partial charge in [0.2, 0.25) is 0 Å². The van der Waals surface area contributed by atoms with E-state index in [1.54, 1.807) is 0 Å². The molecule has 1 heterocycles. The van der Waals surface area contributed by atoms with E-state index < -0.39 is 0 Å². The quantitative estimate of drug-likeness (QED) is 0.600. The Hall–Kier alpha value is -1.70. The molecule has 25 heavy (non-hydrogen) atoms. The van der Waals surface area contributed by atoms with Gasteiger partial charge in [-0.1, -0.05) is 51.0 Å². The molecule has 0 aliphatic heterocycles. The van der Waals surface area contributed by atoms with Crippen LogP contribution in [0.2, 0.25) is 0 Å². The number of unbranched alkanes of at least 4 members (excludes halogenated alkanes) is 1. The number of rotatable bonds is 7. The molecule has 1 aromatic carbocycles. The molecule has 0 radical (unpaired) electrons. The third-order valence-corrected chi connectivity index (χ3v) is 5.63. The Morgan fingerprint density at radius 2 is 1.40 bits per heavy atom. The van der Waals surface area contributed by atoms with E-state index in [4.69, 9.17) is 0 Å². The maximum Gasteiger partial charge on any atom is 0.131 e. The summed E-state index contributed by atoms with van der Waals surface area (Å²) >= 11 is 0. The first-order chi connectivity index (χ1) is 12.3. The third kappa shape index (κ3) is 4.90. The minimum Gasteiger partial charge on any atom is -0.241 e. The van der Waals surface area contributed by atoms with Gasteiger partial charge in [0.05, 0.1) is 0 Å². The van der Waals surface area contributed by atoms with Crippen LogP contribution in [0, 0.1) is 0 Å². The van der Waals surface area contributed by atoms with Crippen molar-refractivity contribution in [3.8, 4) is 0 Å². The monoisotopic (exact) mass is 336 g/mol. The zero-order valence-electron chi connectivity index (χ0n) is 15.9. The summed E-state index contributed by atoms with van der Waals surface area (Å²) < 4.78 is 0. The Balaban J connectivity index is 1.54. The highest BCUT2D eigenvalue weighted by Crippen LogP contribution is 2.39. The second-order valence-corrected chi connectivity index (χ2v) is 7.59. The molecule has 0 unspecified atom stereocenters. The number of hydrogen-bond acceptors (Lipinski definition) is 2. The van der Waals surface area contributed by atoms with Crippen LogP contribution in [-0.4, -0.2) is 9.97 Å². The maximum atomic E-state index is 4.65. The molecule has 134 valence electrons. The molecule has 0 saturated heterocycles. The second-order valence-electron chi connectivity index (χ2n) is 7.59. The molecule has 3 rings (SSSR count). The van der Waals surface area contributed by atoms with E-state index in [0.717, 1.165) is 24.6 Å². The lowest BCUT2D eigenvalue weighted by Gasteiger charge is -2.28. The molecule has 0 N–H and O–H groups in total. The summed E-state index contributed by atoms with van der Waals surface area (Å²) in [4.78, 5) is 9.30. The van der Waals surface area contributed by atoms with Crippen LogP contribution in [0.25, 0.3) is 0 Å². The summed E-state index contributed by atoms with van der Waals surface area (Å²) in [6.45, 7) is 4.46. The van der Waals surface area contributed by atoms with Crippen molar-refractivity contribution in [2.24, 2.45) is 0 Å². The Morgan fingerprint density at radius 1 is 0.760 bits per heavy atom. The van der Waals surface area contributed by atoms with Crippen molar-refractivity contribution in [1.82, 2.24) is 9.97 Å². The molecule has 1 aromatic heterocycles. The lowest BCUT2D eigenvalue weighted by molar-refractivity contribution is 0.385. The summed E-state index contributed by atoms with van der Waals surface area (Å²) in [5, 5.41) is 0. The summed E-state index contributed by atoms with van der Waals surface area (Å²) in [7, 11) is 0. The van der Waals surface area contributed by atoms with Gasteiger partial charge in [-0.25, -0.2) is 9.97 Å². The van der Waals surface area contributed by atoms with Gasteiger partial charge in [-0.3, -0.25) is 0 Å². The van der Waals surface area contributed by atoms with E-state index in [1.165, 1.54) is 61.6 Å². The molecule has 0 bridgehead atoms. The molecule has 0 amide bonds. The van der Waals surface area contributed by atoms with Gasteiger partial charge in [0.15, 0.2) is 0 Å². The van der Waals surface area contributed by atoms with Crippen molar-refractivity contribution in [1.29, 1.82) is 0 Å². The van der Waals surface area contributed by atoms with E-state index in [-0.39, 0.29) is 0 Å². The molecule has 0 atom stereocenters. The summed E-state index contributed by atoms with van der Waals surface area (Å²) in [5.74, 6) is 2.33. The van der Waals surface area contributed by atoms with E-state index in [2.05, 4.69) is 48.1 Å². The summed E-state index contributed by atoms with van der Waals surface area (Å²) in [6.07, 6.45) is 15.1. The van der Waals surface area contributed by atoms with Crippen molar-refractivity contribution in [2.45, 2.75) is 83.5 Å². The fraction of sp³-hybridized carbons (Fsp3) is 0.565. The average Bonchev–Trinajstić information content (AvgIpc) is 2.68. The number of aromatic nitrogens is 2. The van der Waals surface area contributed by atoms with Crippen LogP contribution >= 0.6 is 0 Å². The predicted molar refractivity (Wildman–Crippen MR) is 105 cm³/mol. The van der Waals surface area contributed by atoms with Crippen molar-refractivity contribution >= 4 is 0 Å². The van der Waals surface area contributed by atoms with Gasteiger partial charge in [-0.15, -0.1) is 0 Å². The van der Waals surface area contributed by atoms with Crippen LogP contribution in [0.5, 0.6) is 0 Å². The smallest absolute Gasteiger partial charge is 0.131 e. The Bertz CT molecular complexity index is 622. The number of benzene rings is 1. The van der Waals surface area contributed by atoms with Crippen molar-refractivity contribution in [3.63, 3.8) is 0 Å². The SMILES string of the molecule is CCCCc1ccc(C2CCC(c3ncc(CCC)cn3)CC2)cc1. The molecule has 1 saturated carbocycles. The number of aryl methyl sites for hydroxylation is 2. The largest absolute Gasteiger partial charge is 0.241 e. The average molecular weight is 337 g/mol. The van der Waals surface area contributed by atoms with Gasteiger partial charge in [0.1, 0.15) is 5.82 Å². The van der Waals surface area contributed by atoms with Crippen molar-refractivity contribution in [3.05, 3.63) is 59.2 Å². The van der Waals surface area contributed by atoms with E-state index in [9.17, 15) is 0 Å². The molecule has 2 aromatic rings. The van der Waals surface area contributed by atoms with Gasteiger partial charge >= 0.3 is 0 Å². The molecule has 2 heteroatoms. The van der Waals surface area contributed by atoms with Crippen LogP contribution in [0.4, 0.5) is 0 Å². The normalized spacial score (nSPS) is 20.6. The molecular weight excluding hydrogens is 304 g/mol. The molecule has 1 aliphatic carbocycles. The molecule has 1 aliphatic rings. The molecule has 1 fully saturated rings. The zero-order chi connectivity index (χ0) is 17.5. The van der Waals surface area contributed by atoms with Crippen LogP contribution in [-0.2, 0) is 12.8 Å². The van der Waals surface area contributed by atoms with Gasteiger partial charge in [0.25, 0.3) is 0 Å². The summed E-state index contributed by atoms with van der Waals surface area (Å²) in [6, 6.07) is 9.41. The second kappa shape index (κ2) is 9.12. The first-order valence-corrected chi connectivity index (χ1v) is 10.2. The Labute approximate surface area is 153 Å². The highest BCUT2D eigenvalue weighted by Gasteiger charge is 2.25. The highest BCUT2D eigenvalue weighted by atomic mass is 14.9. The van der Waals surface area contributed by atoms with Crippen LogP contribution < -0.4 is 0 Å². The minimum absolute atomic E-state index is 0.552. The highest BCUT2D eigenvalue weighted by molar-refractivity contribution is 5.26. The van der Waals surface area contributed by atoms with Gasteiger partial charge < -0.3 is 0 Å². The molecular formula is C23H32N2. The van der Waals surface area contributed by atoms with Gasteiger partial charge in [-0.05, 0) is 67.6 Å². The third-order valence-electron chi connectivity index (χ3n) is 5.63. The fourth-order valence-corrected chi connectivity index (χ4v) is 4.02. The number of nitrogens with zero attached hydrogens (tertiary/aromatic N) is 2. The maximum absolute atomic E-state index is 4.65. The van der Waals surface area contributed by atoms with Gasteiger partial charge in [0, 0.05) is 18.3 Å². The van der Waals surface area contributed by atoms with Gasteiger partial charge in [-0.2, -0.15) is 0 Å². The van der Waals surface area contributed by atoms with Crippen molar-refractivity contribution in [2.75, 3.05) is 0 Å². The topological polar surface area (TPSA) is 25.8 Å². The Kier molecular flexibility index (Phi) is 6.61. The first kappa shape index (κ1) is 18.1. The predicted octanol–water partition coefficient (Wildman–Crippen LogP) is 6.21. The molecule has 2 nitrogen and oxygen atoms in total. The zero-order valence-corrected chi connectivity index (χ0v) is 15.9. The lowest BCUT2D eigenvalue weighted by atomic mass is 9.78. The standard InChI is InChI=1S/C23H32N2/c1-3-5-7-18-8-10-20(11-9-18)21-12-14-22(15-13-21)23-24-16-19(6-4-2)17-25-23/h8-11,16-17,21-22H,3-7,12-15H2,1-2H3. The van der Waals surface area contributed by atoms with E-state index in [1.807, 2.05) is 12.4 Å². The van der Waals surface area contributed by atoms with Crippen molar-refractivity contribution < 1.29 is 0 Å². The van der Waals surface area contributed by atoms with E-state index >= 15 is 0 Å². The van der Waals surface area contributed by atoms with Crippen LogP contribution in [0.1, 0.15) is 93.1 Å². The Morgan fingerprint density at radius 3 is 2.00 bits per heavy atom. The number of hydrogen-bond donors (Lipinski definition) is 0. The van der Waals surface area contributed by atoms with E-state index in [0.29, 0.717) is 5.92 Å². The summed E-state index contributed by atoms with van der Waals surface area (Å²) in [5.41, 5.74) is 4.28.